The average Bonchev–Trinajstić information content (AvgIpc) is 2.50. The van der Waals surface area contributed by atoms with Crippen molar-refractivity contribution < 1.29 is 9.90 Å². The minimum absolute atomic E-state index is 0.183. The first-order valence-corrected chi connectivity index (χ1v) is 6.40. The Labute approximate surface area is 107 Å². The highest BCUT2D eigenvalue weighted by molar-refractivity contribution is 5.77. The van der Waals surface area contributed by atoms with Crippen molar-refractivity contribution in [1.29, 1.82) is 0 Å². The van der Waals surface area contributed by atoms with Crippen LogP contribution < -0.4 is 0 Å². The van der Waals surface area contributed by atoms with Gasteiger partial charge < -0.3 is 10.0 Å². The molecule has 1 aliphatic rings. The van der Waals surface area contributed by atoms with Crippen molar-refractivity contribution in [2.45, 2.75) is 26.7 Å². The standard InChI is InChI=1S/C13H21N3O2/c1-9-12(10(2)15(3)14-9)4-5-13(18)16-6-11(7-16)8-17/h11,17H,4-8H2,1-3H3. The summed E-state index contributed by atoms with van der Waals surface area (Å²) in [6.07, 6.45) is 1.29. The lowest BCUT2D eigenvalue weighted by atomic mass is 10.00. The van der Waals surface area contributed by atoms with Crippen LogP contribution in [0.4, 0.5) is 0 Å². The molecular weight excluding hydrogens is 230 g/mol. The smallest absolute Gasteiger partial charge is 0.222 e. The second-order valence-electron chi connectivity index (χ2n) is 5.12. The molecule has 1 aliphatic heterocycles. The van der Waals surface area contributed by atoms with Gasteiger partial charge in [-0.1, -0.05) is 0 Å². The summed E-state index contributed by atoms with van der Waals surface area (Å²) in [6.45, 7) is 5.62. The number of likely N-dealkylation sites (tertiary alicyclic amines) is 1. The number of carbonyl (C=O) groups excluding carboxylic acids is 1. The molecule has 0 bridgehead atoms. The van der Waals surface area contributed by atoms with Gasteiger partial charge in [0.25, 0.3) is 0 Å². The molecule has 1 N–H and O–H groups in total. The van der Waals surface area contributed by atoms with Crippen LogP contribution in [0.2, 0.25) is 0 Å². The molecule has 0 saturated carbocycles. The zero-order valence-corrected chi connectivity index (χ0v) is 11.3. The summed E-state index contributed by atoms with van der Waals surface area (Å²) in [5.74, 6) is 0.471. The van der Waals surface area contributed by atoms with Gasteiger partial charge in [0.1, 0.15) is 0 Å². The third-order valence-electron chi connectivity index (χ3n) is 3.82. The van der Waals surface area contributed by atoms with Crippen LogP contribution in [0.3, 0.4) is 0 Å². The van der Waals surface area contributed by atoms with E-state index in [-0.39, 0.29) is 18.4 Å². The van der Waals surface area contributed by atoms with Crippen LogP contribution in [0.1, 0.15) is 23.4 Å². The van der Waals surface area contributed by atoms with Gasteiger partial charge in [-0.05, 0) is 25.8 Å². The maximum Gasteiger partial charge on any atom is 0.222 e. The molecular formula is C13H21N3O2. The van der Waals surface area contributed by atoms with Crippen LogP contribution >= 0.6 is 0 Å². The predicted molar refractivity (Wildman–Crippen MR) is 68.2 cm³/mol. The Morgan fingerprint density at radius 1 is 1.44 bits per heavy atom. The first-order valence-electron chi connectivity index (χ1n) is 6.40. The van der Waals surface area contributed by atoms with Crippen molar-refractivity contribution in [3.8, 4) is 0 Å². The van der Waals surface area contributed by atoms with Gasteiger partial charge in [0.2, 0.25) is 5.91 Å². The van der Waals surface area contributed by atoms with Crippen LogP contribution in [0.5, 0.6) is 0 Å². The molecule has 2 rings (SSSR count). The molecule has 5 nitrogen and oxygen atoms in total. The second-order valence-corrected chi connectivity index (χ2v) is 5.12. The zero-order valence-electron chi connectivity index (χ0n) is 11.3. The second kappa shape index (κ2) is 5.10. The largest absolute Gasteiger partial charge is 0.396 e. The SMILES string of the molecule is Cc1nn(C)c(C)c1CCC(=O)N1CC(CO)C1. The monoisotopic (exact) mass is 251 g/mol. The summed E-state index contributed by atoms with van der Waals surface area (Å²) in [5, 5.41) is 13.3. The van der Waals surface area contributed by atoms with Crippen molar-refractivity contribution in [3.05, 3.63) is 17.0 Å². The topological polar surface area (TPSA) is 58.4 Å². The Kier molecular flexibility index (Phi) is 3.71. The van der Waals surface area contributed by atoms with E-state index in [1.807, 2.05) is 30.5 Å². The van der Waals surface area contributed by atoms with Gasteiger partial charge in [0.05, 0.1) is 5.69 Å². The fourth-order valence-corrected chi connectivity index (χ4v) is 2.46. The maximum absolute atomic E-state index is 11.9. The summed E-state index contributed by atoms with van der Waals surface area (Å²) in [6, 6.07) is 0. The number of aliphatic hydroxyl groups is 1. The van der Waals surface area contributed by atoms with E-state index >= 15 is 0 Å². The third-order valence-corrected chi connectivity index (χ3v) is 3.82. The van der Waals surface area contributed by atoms with Crippen molar-refractivity contribution in [2.24, 2.45) is 13.0 Å². The van der Waals surface area contributed by atoms with Gasteiger partial charge in [-0.25, -0.2) is 0 Å². The number of rotatable bonds is 4. The van der Waals surface area contributed by atoms with E-state index in [4.69, 9.17) is 5.11 Å². The van der Waals surface area contributed by atoms with E-state index in [1.165, 1.54) is 5.56 Å². The molecule has 0 aliphatic carbocycles. The molecule has 1 fully saturated rings. The van der Waals surface area contributed by atoms with Gasteiger partial charge in [-0.2, -0.15) is 5.10 Å². The van der Waals surface area contributed by atoms with E-state index in [9.17, 15) is 4.79 Å². The van der Waals surface area contributed by atoms with Gasteiger partial charge in [-0.15, -0.1) is 0 Å². The lowest BCUT2D eigenvalue weighted by Gasteiger charge is -2.38. The molecule has 0 radical (unpaired) electrons. The zero-order chi connectivity index (χ0) is 13.3. The Morgan fingerprint density at radius 2 is 2.11 bits per heavy atom. The Balaban J connectivity index is 1.86. The minimum Gasteiger partial charge on any atom is -0.396 e. The molecule has 1 aromatic rings. The highest BCUT2D eigenvalue weighted by Gasteiger charge is 2.29. The van der Waals surface area contributed by atoms with Crippen LogP contribution in [0, 0.1) is 19.8 Å². The van der Waals surface area contributed by atoms with E-state index in [1.54, 1.807) is 0 Å². The maximum atomic E-state index is 11.9. The van der Waals surface area contributed by atoms with Gasteiger partial charge in [0.15, 0.2) is 0 Å². The number of aryl methyl sites for hydroxylation is 2. The van der Waals surface area contributed by atoms with Gasteiger partial charge in [0, 0.05) is 44.8 Å². The van der Waals surface area contributed by atoms with E-state index < -0.39 is 0 Å². The van der Waals surface area contributed by atoms with Crippen molar-refractivity contribution in [3.63, 3.8) is 0 Å². The van der Waals surface area contributed by atoms with E-state index in [0.717, 1.165) is 17.8 Å². The van der Waals surface area contributed by atoms with Crippen LogP contribution in [-0.4, -0.2) is 45.4 Å². The number of aromatic nitrogens is 2. The van der Waals surface area contributed by atoms with Gasteiger partial charge in [-0.3, -0.25) is 9.48 Å². The highest BCUT2D eigenvalue weighted by Crippen LogP contribution is 2.18. The fraction of sp³-hybridized carbons (Fsp3) is 0.692. The Hall–Kier alpha value is -1.36. The Morgan fingerprint density at radius 3 is 2.61 bits per heavy atom. The molecule has 0 spiro atoms. The number of carbonyl (C=O) groups is 1. The molecule has 0 aromatic carbocycles. The third kappa shape index (κ3) is 2.41. The fourth-order valence-electron chi connectivity index (χ4n) is 2.46. The number of hydrogen-bond acceptors (Lipinski definition) is 3. The first-order chi connectivity index (χ1) is 8.52. The summed E-state index contributed by atoms with van der Waals surface area (Å²) < 4.78 is 1.86. The molecule has 1 amide bonds. The molecule has 100 valence electrons. The number of hydrogen-bond donors (Lipinski definition) is 1. The Bertz CT molecular complexity index is 447. The predicted octanol–water partition coefficient (Wildman–Crippen LogP) is 0.420. The lowest BCUT2D eigenvalue weighted by molar-refractivity contribution is -0.138. The normalized spacial score (nSPS) is 15.9. The number of aliphatic hydroxyl groups excluding tert-OH is 1. The van der Waals surface area contributed by atoms with Crippen LogP contribution in [-0.2, 0) is 18.3 Å². The summed E-state index contributed by atoms with van der Waals surface area (Å²) in [4.78, 5) is 13.7. The molecule has 0 atom stereocenters. The lowest BCUT2D eigenvalue weighted by Crippen LogP contribution is -2.51. The highest BCUT2D eigenvalue weighted by atomic mass is 16.3. The van der Waals surface area contributed by atoms with E-state index in [2.05, 4.69) is 5.10 Å². The van der Waals surface area contributed by atoms with Crippen molar-refractivity contribution in [2.75, 3.05) is 19.7 Å². The summed E-state index contributed by atoms with van der Waals surface area (Å²) in [7, 11) is 1.93. The minimum atomic E-state index is 0.183. The molecule has 2 heterocycles. The number of nitrogens with zero attached hydrogens (tertiary/aromatic N) is 3. The molecule has 1 saturated heterocycles. The van der Waals surface area contributed by atoms with E-state index in [0.29, 0.717) is 19.5 Å². The van der Waals surface area contributed by atoms with Crippen molar-refractivity contribution >= 4 is 5.91 Å². The number of amides is 1. The van der Waals surface area contributed by atoms with Crippen molar-refractivity contribution in [1.82, 2.24) is 14.7 Å². The molecule has 18 heavy (non-hydrogen) atoms. The summed E-state index contributed by atoms with van der Waals surface area (Å²) >= 11 is 0. The molecule has 5 heteroatoms. The van der Waals surface area contributed by atoms with Crippen LogP contribution in [0.25, 0.3) is 0 Å². The summed E-state index contributed by atoms with van der Waals surface area (Å²) in [5.41, 5.74) is 3.34. The molecule has 1 aromatic heterocycles. The average molecular weight is 251 g/mol. The first kappa shape index (κ1) is 13.1. The quantitative estimate of drug-likeness (QED) is 0.843. The molecule has 0 unspecified atom stereocenters. The van der Waals surface area contributed by atoms with Gasteiger partial charge >= 0.3 is 0 Å². The van der Waals surface area contributed by atoms with Crippen LogP contribution in [0.15, 0.2) is 0 Å².